The number of carbonyl (C=O) groups excluding carboxylic acids is 1. The van der Waals surface area contributed by atoms with E-state index >= 15 is 0 Å². The van der Waals surface area contributed by atoms with Gasteiger partial charge in [0.1, 0.15) is 5.82 Å². The molecule has 23 heavy (non-hydrogen) atoms. The van der Waals surface area contributed by atoms with E-state index in [4.69, 9.17) is 0 Å². The van der Waals surface area contributed by atoms with Gasteiger partial charge in [-0.25, -0.2) is 12.8 Å². The predicted molar refractivity (Wildman–Crippen MR) is 87.1 cm³/mol. The summed E-state index contributed by atoms with van der Waals surface area (Å²) in [5, 5.41) is 2.67. The number of carbonyl (C=O) groups is 1. The monoisotopic (exact) mass is 340 g/mol. The Labute approximate surface area is 136 Å². The lowest BCUT2D eigenvalue weighted by atomic mass is 10.2. The van der Waals surface area contributed by atoms with Crippen molar-refractivity contribution < 1.29 is 17.6 Å². The van der Waals surface area contributed by atoms with E-state index in [0.29, 0.717) is 18.5 Å². The molecule has 0 aromatic heterocycles. The van der Waals surface area contributed by atoms with Gasteiger partial charge in [-0.15, -0.1) is 6.58 Å². The number of rotatable bonds is 7. The van der Waals surface area contributed by atoms with Gasteiger partial charge >= 0.3 is 0 Å². The lowest BCUT2D eigenvalue weighted by molar-refractivity contribution is -0.122. The molecule has 1 amide bonds. The van der Waals surface area contributed by atoms with Crippen LogP contribution in [0.3, 0.4) is 0 Å². The van der Waals surface area contributed by atoms with Crippen molar-refractivity contribution in [3.63, 3.8) is 0 Å². The molecule has 0 bridgehead atoms. The summed E-state index contributed by atoms with van der Waals surface area (Å²) in [6.45, 7) is 4.26. The summed E-state index contributed by atoms with van der Waals surface area (Å²) >= 11 is 0. The second-order valence-electron chi connectivity index (χ2n) is 5.64. The molecular weight excluding hydrogens is 319 g/mol. The smallest absolute Gasteiger partial charge is 0.234 e. The van der Waals surface area contributed by atoms with Crippen LogP contribution in [-0.2, 0) is 21.2 Å². The molecule has 0 radical (unpaired) electrons. The first-order valence-electron chi connectivity index (χ1n) is 7.47. The van der Waals surface area contributed by atoms with Gasteiger partial charge in [-0.2, -0.15) is 0 Å². The van der Waals surface area contributed by atoms with Gasteiger partial charge in [0, 0.05) is 24.7 Å². The van der Waals surface area contributed by atoms with Crippen LogP contribution in [0, 0.1) is 5.82 Å². The first-order valence-corrected chi connectivity index (χ1v) is 9.29. The Balaban J connectivity index is 1.91. The Hall–Kier alpha value is -1.73. The summed E-state index contributed by atoms with van der Waals surface area (Å²) in [6, 6.07) is 6.08. The van der Waals surface area contributed by atoms with Gasteiger partial charge in [0.25, 0.3) is 0 Å². The minimum absolute atomic E-state index is 0.0701. The van der Waals surface area contributed by atoms with Gasteiger partial charge < -0.3 is 5.32 Å². The molecule has 1 fully saturated rings. The Bertz CT molecular complexity index is 676. The van der Waals surface area contributed by atoms with E-state index in [1.807, 2.05) is 0 Å². The van der Waals surface area contributed by atoms with Crippen LogP contribution in [0.5, 0.6) is 0 Å². The molecule has 1 atom stereocenters. The highest BCUT2D eigenvalue weighted by Crippen LogP contribution is 2.17. The van der Waals surface area contributed by atoms with Gasteiger partial charge in [-0.05, 0) is 12.5 Å². The summed E-state index contributed by atoms with van der Waals surface area (Å²) in [5.74, 6) is -0.402. The summed E-state index contributed by atoms with van der Waals surface area (Å²) in [6.07, 6.45) is 2.17. The minimum atomic E-state index is -3.01. The zero-order chi connectivity index (χ0) is 16.9. The molecule has 2 rings (SSSR count). The summed E-state index contributed by atoms with van der Waals surface area (Å²) in [5.41, 5.74) is 0.416. The Morgan fingerprint density at radius 3 is 2.78 bits per heavy atom. The SMILES string of the molecule is C=CCN(CC(=O)NCc1ccccc1F)[C@@H]1CCS(=O)(=O)C1. The summed E-state index contributed by atoms with van der Waals surface area (Å²) in [4.78, 5) is 13.9. The van der Waals surface area contributed by atoms with Crippen LogP contribution in [0.4, 0.5) is 4.39 Å². The lowest BCUT2D eigenvalue weighted by Gasteiger charge is -2.26. The fourth-order valence-electron chi connectivity index (χ4n) is 2.65. The quantitative estimate of drug-likeness (QED) is 0.756. The van der Waals surface area contributed by atoms with Crippen molar-refractivity contribution in [2.75, 3.05) is 24.6 Å². The number of nitrogens with zero attached hydrogens (tertiary/aromatic N) is 1. The van der Waals surface area contributed by atoms with Crippen molar-refractivity contribution in [2.24, 2.45) is 0 Å². The third kappa shape index (κ3) is 5.14. The topological polar surface area (TPSA) is 66.5 Å². The number of nitrogens with one attached hydrogen (secondary N) is 1. The third-order valence-electron chi connectivity index (χ3n) is 3.87. The molecular formula is C16H21FN2O3S. The maximum atomic E-state index is 13.5. The molecule has 7 heteroatoms. The van der Waals surface area contributed by atoms with E-state index in [0.717, 1.165) is 0 Å². The van der Waals surface area contributed by atoms with Crippen molar-refractivity contribution in [1.29, 1.82) is 0 Å². The number of hydrogen-bond acceptors (Lipinski definition) is 4. The Morgan fingerprint density at radius 2 is 2.17 bits per heavy atom. The molecule has 1 aliphatic rings. The standard InChI is InChI=1S/C16H21FN2O3S/c1-2-8-19(14-7-9-23(21,22)12-14)11-16(20)18-10-13-5-3-4-6-15(13)17/h2-6,14H,1,7-12H2,(H,18,20)/t14-/m1/s1. The predicted octanol–water partition coefficient (Wildman–Crippen LogP) is 1.12. The van der Waals surface area contributed by atoms with Gasteiger partial charge in [-0.1, -0.05) is 24.3 Å². The van der Waals surface area contributed by atoms with E-state index in [1.54, 1.807) is 29.2 Å². The second kappa shape index (κ2) is 7.70. The highest BCUT2D eigenvalue weighted by atomic mass is 32.2. The van der Waals surface area contributed by atoms with Crippen molar-refractivity contribution in [1.82, 2.24) is 10.2 Å². The number of benzene rings is 1. The fraction of sp³-hybridized carbons (Fsp3) is 0.438. The maximum Gasteiger partial charge on any atom is 0.234 e. The first kappa shape index (κ1) is 17.6. The Kier molecular flexibility index (Phi) is 5.90. The fourth-order valence-corrected chi connectivity index (χ4v) is 4.41. The van der Waals surface area contributed by atoms with Crippen molar-refractivity contribution in [3.05, 3.63) is 48.3 Å². The van der Waals surface area contributed by atoms with E-state index in [-0.39, 0.29) is 42.4 Å². The molecule has 0 unspecified atom stereocenters. The van der Waals surface area contributed by atoms with Crippen LogP contribution in [-0.4, -0.2) is 49.9 Å². The zero-order valence-electron chi connectivity index (χ0n) is 12.9. The number of halogens is 1. The van der Waals surface area contributed by atoms with Gasteiger partial charge in [0.05, 0.1) is 18.1 Å². The number of amides is 1. The van der Waals surface area contributed by atoms with Crippen molar-refractivity contribution in [2.45, 2.75) is 19.0 Å². The molecule has 126 valence electrons. The molecule has 1 aromatic rings. The van der Waals surface area contributed by atoms with Crippen LogP contribution < -0.4 is 5.32 Å². The van der Waals surface area contributed by atoms with E-state index in [2.05, 4.69) is 11.9 Å². The van der Waals surface area contributed by atoms with Gasteiger partial charge in [0.15, 0.2) is 9.84 Å². The molecule has 1 saturated heterocycles. The van der Waals surface area contributed by atoms with Gasteiger partial charge in [-0.3, -0.25) is 9.69 Å². The first-order chi connectivity index (χ1) is 10.9. The summed E-state index contributed by atoms with van der Waals surface area (Å²) in [7, 11) is -3.01. The van der Waals surface area contributed by atoms with Crippen LogP contribution in [0.25, 0.3) is 0 Å². The molecule has 1 N–H and O–H groups in total. The minimum Gasteiger partial charge on any atom is -0.351 e. The van der Waals surface area contributed by atoms with E-state index < -0.39 is 9.84 Å². The van der Waals surface area contributed by atoms with Crippen LogP contribution in [0.15, 0.2) is 36.9 Å². The average molecular weight is 340 g/mol. The zero-order valence-corrected chi connectivity index (χ0v) is 13.7. The maximum absolute atomic E-state index is 13.5. The highest BCUT2D eigenvalue weighted by Gasteiger charge is 2.32. The molecule has 1 aromatic carbocycles. The van der Waals surface area contributed by atoms with Crippen molar-refractivity contribution in [3.8, 4) is 0 Å². The Morgan fingerprint density at radius 1 is 1.43 bits per heavy atom. The van der Waals surface area contributed by atoms with Crippen LogP contribution in [0.2, 0.25) is 0 Å². The molecule has 1 heterocycles. The van der Waals surface area contributed by atoms with Crippen LogP contribution in [0.1, 0.15) is 12.0 Å². The third-order valence-corrected chi connectivity index (χ3v) is 5.62. The van der Waals surface area contributed by atoms with Crippen molar-refractivity contribution >= 4 is 15.7 Å². The van der Waals surface area contributed by atoms with Gasteiger partial charge in [0.2, 0.25) is 5.91 Å². The van der Waals surface area contributed by atoms with Crippen LogP contribution >= 0.6 is 0 Å². The number of sulfone groups is 1. The molecule has 0 aliphatic carbocycles. The lowest BCUT2D eigenvalue weighted by Crippen LogP contribution is -2.43. The van der Waals surface area contributed by atoms with E-state index in [9.17, 15) is 17.6 Å². The molecule has 5 nitrogen and oxygen atoms in total. The molecule has 1 aliphatic heterocycles. The average Bonchev–Trinajstić information content (AvgIpc) is 2.86. The highest BCUT2D eigenvalue weighted by molar-refractivity contribution is 7.91. The molecule has 0 saturated carbocycles. The summed E-state index contributed by atoms with van der Waals surface area (Å²) < 4.78 is 36.7. The van der Waals surface area contributed by atoms with E-state index in [1.165, 1.54) is 6.07 Å². The molecule has 0 spiro atoms. The normalized spacial score (nSPS) is 19.7. The number of hydrogen-bond donors (Lipinski definition) is 1. The second-order valence-corrected chi connectivity index (χ2v) is 7.87. The largest absolute Gasteiger partial charge is 0.351 e.